The van der Waals surface area contributed by atoms with Crippen LogP contribution in [-0.4, -0.2) is 140 Å². The highest BCUT2D eigenvalue weighted by Crippen LogP contribution is 2.32. The van der Waals surface area contributed by atoms with Crippen LogP contribution in [0.4, 0.5) is 15.8 Å². The largest absolute Gasteiger partial charge is 0.369 e. The molecule has 67 heavy (non-hydrogen) atoms. The van der Waals surface area contributed by atoms with Crippen molar-refractivity contribution >= 4 is 63.5 Å². The summed E-state index contributed by atoms with van der Waals surface area (Å²) in [5.74, 6) is -2.40. The highest BCUT2D eigenvalue weighted by atomic mass is 19.1. The molecule has 0 radical (unpaired) electrons. The highest BCUT2D eigenvalue weighted by Gasteiger charge is 2.45. The second kappa shape index (κ2) is 18.0. The minimum absolute atomic E-state index is 0.0583. The van der Waals surface area contributed by atoms with Gasteiger partial charge in [0.05, 0.1) is 58.7 Å². The molecule has 10 rings (SSSR count). The summed E-state index contributed by atoms with van der Waals surface area (Å²) < 4.78 is 16.4. The maximum Gasteiger partial charge on any atom is 0.262 e. The van der Waals surface area contributed by atoms with Crippen molar-refractivity contribution < 1.29 is 33.2 Å². The van der Waals surface area contributed by atoms with Crippen LogP contribution in [0.15, 0.2) is 79.3 Å². The maximum absolute atomic E-state index is 14.7. The van der Waals surface area contributed by atoms with Crippen molar-refractivity contribution in [2.45, 2.75) is 38.1 Å². The summed E-state index contributed by atoms with van der Waals surface area (Å²) >= 11 is 0. The van der Waals surface area contributed by atoms with Crippen molar-refractivity contribution in [2.75, 3.05) is 69.6 Å². The summed E-state index contributed by atoms with van der Waals surface area (Å²) in [4.78, 5) is 97.1. The maximum atomic E-state index is 14.7. The standard InChI is InChI=1S/C48H47FN12O6/c1-50-44(64)36-5-3-30(21-38(36)49)40-25-53-48-52-24-34(61(48)56-40)19-29-2-7-39-31(18-29)20-32(23-51-39)54-43(63)27-57-12-10-28(11-13-57)26-58-14-16-59(17-15-58)33-4-6-35-37(22-33)47(67)60(46(35)66)41-8-9-42(62)55-45(41)65/h2-7,18,20-25,28,41H,8-17,19,26-27H2,1H3,(H,50,64)(H,54,63)(H,55,62,65). The first-order valence-electron chi connectivity index (χ1n) is 22.4. The van der Waals surface area contributed by atoms with E-state index in [1.54, 1.807) is 35.1 Å². The molecule has 4 aliphatic rings. The number of fused-ring (bicyclic) bond motifs is 3. The summed E-state index contributed by atoms with van der Waals surface area (Å²) in [5, 5.41) is 13.3. The minimum atomic E-state index is -0.991. The molecule has 0 aliphatic carbocycles. The number of hydrogen-bond donors (Lipinski definition) is 3. The van der Waals surface area contributed by atoms with Crippen LogP contribution in [0.2, 0.25) is 0 Å². The Morgan fingerprint density at radius 3 is 2.37 bits per heavy atom. The first-order valence-corrected chi connectivity index (χ1v) is 22.4. The SMILES string of the molecule is CNC(=O)c1ccc(-c2cnc3ncc(Cc4ccc5ncc(NC(=O)CN6CCC(CN7CCN(c8ccc9c(c8)C(=O)N(C8CCC(=O)NC8=O)C9=O)CC7)CC6)cc5c4)n3n2)cc1F. The van der Waals surface area contributed by atoms with Crippen LogP contribution in [0.5, 0.6) is 0 Å². The van der Waals surface area contributed by atoms with Gasteiger partial charge >= 0.3 is 0 Å². The van der Waals surface area contributed by atoms with Crippen LogP contribution in [0, 0.1) is 11.7 Å². The average molecular weight is 907 g/mol. The van der Waals surface area contributed by atoms with E-state index in [1.807, 2.05) is 30.3 Å². The van der Waals surface area contributed by atoms with Crippen LogP contribution in [-0.2, 0) is 20.8 Å². The lowest BCUT2D eigenvalue weighted by Crippen LogP contribution is -2.54. The molecule has 3 aromatic carbocycles. The van der Waals surface area contributed by atoms with Gasteiger partial charge in [0.25, 0.3) is 23.5 Å². The highest BCUT2D eigenvalue weighted by molar-refractivity contribution is 6.23. The van der Waals surface area contributed by atoms with Crippen LogP contribution in [0.3, 0.4) is 0 Å². The number of pyridine rings is 1. The molecule has 7 heterocycles. The number of nitrogens with zero attached hydrogens (tertiary/aromatic N) is 9. The van der Waals surface area contributed by atoms with Gasteiger partial charge in [0.1, 0.15) is 17.6 Å². The van der Waals surface area contributed by atoms with Gasteiger partial charge in [-0.25, -0.2) is 18.9 Å². The number of amides is 6. The van der Waals surface area contributed by atoms with E-state index in [0.29, 0.717) is 35.1 Å². The fourth-order valence-corrected chi connectivity index (χ4v) is 9.57. The number of nitrogens with one attached hydrogen (secondary N) is 3. The summed E-state index contributed by atoms with van der Waals surface area (Å²) in [6, 6.07) is 16.4. The number of carbonyl (C=O) groups excluding carboxylic acids is 6. The van der Waals surface area contributed by atoms with E-state index in [9.17, 15) is 33.2 Å². The second-order valence-corrected chi connectivity index (χ2v) is 17.5. The molecular weight excluding hydrogens is 860 g/mol. The Morgan fingerprint density at radius 2 is 1.60 bits per heavy atom. The number of piperazine rings is 1. The topological polar surface area (TPSA) is 207 Å². The minimum Gasteiger partial charge on any atom is -0.369 e. The third-order valence-corrected chi connectivity index (χ3v) is 13.2. The quantitative estimate of drug-likeness (QED) is 0.160. The first-order chi connectivity index (χ1) is 32.5. The van der Waals surface area contributed by atoms with Gasteiger partial charge in [0.15, 0.2) is 0 Å². The Morgan fingerprint density at radius 1 is 0.806 bits per heavy atom. The lowest BCUT2D eigenvalue weighted by atomic mass is 9.96. The molecule has 3 aromatic heterocycles. The van der Waals surface area contributed by atoms with Gasteiger partial charge in [-0.1, -0.05) is 12.1 Å². The van der Waals surface area contributed by atoms with Crippen LogP contribution in [0.1, 0.15) is 68.0 Å². The monoisotopic (exact) mass is 906 g/mol. The Kier molecular flexibility index (Phi) is 11.7. The molecule has 6 aromatic rings. The molecule has 342 valence electrons. The number of hydrogen-bond acceptors (Lipinski definition) is 13. The summed E-state index contributed by atoms with van der Waals surface area (Å²) in [6.45, 7) is 6.15. The van der Waals surface area contributed by atoms with E-state index < -0.39 is 41.4 Å². The molecule has 3 N–H and O–H groups in total. The fraction of sp³-hybridized carbons (Fsp3) is 0.333. The molecule has 0 bridgehead atoms. The number of imide groups is 2. The number of rotatable bonds is 11. The Labute approximate surface area is 383 Å². The Bertz CT molecular complexity index is 3000. The average Bonchev–Trinajstić information content (AvgIpc) is 3.84. The van der Waals surface area contributed by atoms with Crippen LogP contribution in [0.25, 0.3) is 27.9 Å². The zero-order chi connectivity index (χ0) is 46.3. The van der Waals surface area contributed by atoms with Gasteiger partial charge in [-0.05, 0) is 92.4 Å². The number of halogens is 1. The van der Waals surface area contributed by atoms with Crippen molar-refractivity contribution in [3.8, 4) is 11.3 Å². The van der Waals surface area contributed by atoms with Crippen molar-refractivity contribution in [3.63, 3.8) is 0 Å². The number of piperidine rings is 2. The molecule has 1 atom stereocenters. The van der Waals surface area contributed by atoms with E-state index in [2.05, 4.69) is 50.7 Å². The number of anilines is 2. The molecule has 0 spiro atoms. The Balaban J connectivity index is 0.693. The van der Waals surface area contributed by atoms with Gasteiger partial charge in [0.2, 0.25) is 17.7 Å². The number of likely N-dealkylation sites (tertiary alicyclic amines) is 1. The predicted octanol–water partition coefficient (Wildman–Crippen LogP) is 3.30. The number of aromatic nitrogens is 5. The summed E-state index contributed by atoms with van der Waals surface area (Å²) in [6.07, 6.45) is 7.54. The first kappa shape index (κ1) is 43.4. The summed E-state index contributed by atoms with van der Waals surface area (Å²) in [7, 11) is 1.45. The Hall–Kier alpha value is -7.51. The van der Waals surface area contributed by atoms with Crippen LogP contribution >= 0.6 is 0 Å². The summed E-state index contributed by atoms with van der Waals surface area (Å²) in [5.41, 5.74) is 5.39. The van der Waals surface area contributed by atoms with Gasteiger partial charge in [-0.3, -0.25) is 53.8 Å². The molecule has 0 saturated carbocycles. The molecule has 18 nitrogen and oxygen atoms in total. The van der Waals surface area contributed by atoms with E-state index >= 15 is 0 Å². The van der Waals surface area contributed by atoms with E-state index in [-0.39, 0.29) is 42.0 Å². The van der Waals surface area contributed by atoms with Crippen molar-refractivity contribution in [1.82, 2.24) is 49.9 Å². The number of carbonyl (C=O) groups is 6. The normalized spacial score (nSPS) is 18.4. The van der Waals surface area contributed by atoms with E-state index in [1.165, 1.54) is 25.4 Å². The van der Waals surface area contributed by atoms with Crippen molar-refractivity contribution in [2.24, 2.45) is 5.92 Å². The molecule has 19 heteroatoms. The second-order valence-electron chi connectivity index (χ2n) is 17.5. The molecule has 4 aliphatic heterocycles. The van der Waals surface area contributed by atoms with E-state index in [4.69, 9.17) is 0 Å². The number of benzene rings is 3. The van der Waals surface area contributed by atoms with Crippen LogP contribution < -0.4 is 20.9 Å². The van der Waals surface area contributed by atoms with Gasteiger partial charge in [-0.15, -0.1) is 0 Å². The lowest BCUT2D eigenvalue weighted by molar-refractivity contribution is -0.136. The van der Waals surface area contributed by atoms with Crippen molar-refractivity contribution in [1.29, 1.82) is 0 Å². The molecule has 3 fully saturated rings. The third kappa shape index (κ3) is 8.82. The molecular formula is C48H47FN12O6. The zero-order valence-corrected chi connectivity index (χ0v) is 36.7. The molecule has 3 saturated heterocycles. The van der Waals surface area contributed by atoms with Gasteiger partial charge in [-0.2, -0.15) is 5.10 Å². The van der Waals surface area contributed by atoms with Crippen molar-refractivity contribution in [3.05, 3.63) is 113 Å². The fourth-order valence-electron chi connectivity index (χ4n) is 9.57. The van der Waals surface area contributed by atoms with Gasteiger partial charge < -0.3 is 15.5 Å². The van der Waals surface area contributed by atoms with E-state index in [0.717, 1.165) is 91.4 Å². The molecule has 1 unspecified atom stereocenters. The predicted molar refractivity (Wildman–Crippen MR) is 244 cm³/mol. The van der Waals surface area contributed by atoms with Gasteiger partial charge in [0, 0.05) is 69.3 Å². The third-order valence-electron chi connectivity index (χ3n) is 13.2. The smallest absolute Gasteiger partial charge is 0.262 e. The zero-order valence-electron chi connectivity index (χ0n) is 36.7. The lowest BCUT2D eigenvalue weighted by Gasteiger charge is -2.39. The number of imidazole rings is 1. The molecule has 6 amide bonds.